The SMILES string of the molecule is c1cncc(N2CCOCC3(CCCN(Cc4cccs4)C3)C2)c1. The van der Waals surface area contributed by atoms with E-state index in [9.17, 15) is 0 Å². The summed E-state index contributed by atoms with van der Waals surface area (Å²) in [5.41, 5.74) is 1.46. The maximum atomic E-state index is 6.04. The molecule has 0 saturated carbocycles. The molecule has 2 aromatic heterocycles. The van der Waals surface area contributed by atoms with Crippen LogP contribution in [0, 0.1) is 5.41 Å². The molecule has 4 heterocycles. The molecule has 4 rings (SSSR count). The van der Waals surface area contributed by atoms with E-state index in [1.165, 1.54) is 30.0 Å². The summed E-state index contributed by atoms with van der Waals surface area (Å²) in [6, 6.07) is 8.59. The molecular weight excluding hydrogens is 318 g/mol. The first-order valence-corrected chi connectivity index (χ1v) is 9.69. The van der Waals surface area contributed by atoms with Crippen molar-refractivity contribution >= 4 is 17.0 Å². The topological polar surface area (TPSA) is 28.6 Å². The van der Waals surface area contributed by atoms with E-state index in [1.54, 1.807) is 0 Å². The third-order valence-corrected chi connectivity index (χ3v) is 6.01. The number of hydrogen-bond acceptors (Lipinski definition) is 5. The van der Waals surface area contributed by atoms with E-state index in [4.69, 9.17) is 4.74 Å². The van der Waals surface area contributed by atoms with E-state index in [-0.39, 0.29) is 5.41 Å². The minimum absolute atomic E-state index is 0.238. The van der Waals surface area contributed by atoms with E-state index in [2.05, 4.69) is 38.4 Å². The second kappa shape index (κ2) is 7.21. The summed E-state index contributed by atoms with van der Waals surface area (Å²) >= 11 is 1.86. The van der Waals surface area contributed by atoms with E-state index in [0.717, 1.165) is 39.4 Å². The maximum absolute atomic E-state index is 6.04. The molecule has 24 heavy (non-hydrogen) atoms. The standard InChI is InChI=1S/C19H25N3OS/c1-4-17(12-20-7-1)22-9-10-23-16-19(15-22)6-3-8-21(14-19)13-18-5-2-11-24-18/h1-2,4-5,7,11-12H,3,6,8-10,13-16H2. The number of pyridine rings is 1. The largest absolute Gasteiger partial charge is 0.379 e. The van der Waals surface area contributed by atoms with Gasteiger partial charge in [-0.2, -0.15) is 0 Å². The van der Waals surface area contributed by atoms with Crippen LogP contribution in [0.15, 0.2) is 42.0 Å². The van der Waals surface area contributed by atoms with Gasteiger partial charge in [-0.15, -0.1) is 11.3 Å². The summed E-state index contributed by atoms with van der Waals surface area (Å²) in [4.78, 5) is 10.8. The van der Waals surface area contributed by atoms with E-state index in [0.29, 0.717) is 0 Å². The molecule has 0 N–H and O–H groups in total. The zero-order valence-corrected chi connectivity index (χ0v) is 14.9. The normalized spacial score (nSPS) is 25.8. The molecule has 0 radical (unpaired) electrons. The van der Waals surface area contributed by atoms with Crippen LogP contribution in [0.2, 0.25) is 0 Å². The van der Waals surface area contributed by atoms with Gasteiger partial charge in [0, 0.05) is 42.7 Å². The molecule has 2 aromatic rings. The van der Waals surface area contributed by atoms with Gasteiger partial charge in [-0.1, -0.05) is 6.07 Å². The molecule has 0 aromatic carbocycles. The summed E-state index contributed by atoms with van der Waals surface area (Å²) in [7, 11) is 0. The van der Waals surface area contributed by atoms with Gasteiger partial charge in [0.25, 0.3) is 0 Å². The van der Waals surface area contributed by atoms with Crippen molar-refractivity contribution in [2.24, 2.45) is 5.41 Å². The van der Waals surface area contributed by atoms with Crippen LogP contribution in [0.1, 0.15) is 17.7 Å². The van der Waals surface area contributed by atoms with Crippen LogP contribution in [0.5, 0.6) is 0 Å². The Morgan fingerprint density at radius 1 is 1.21 bits per heavy atom. The van der Waals surface area contributed by atoms with Crippen molar-refractivity contribution in [3.8, 4) is 0 Å². The Hall–Kier alpha value is -1.43. The summed E-state index contributed by atoms with van der Waals surface area (Å²) in [6.45, 7) is 7.12. The summed E-state index contributed by atoms with van der Waals surface area (Å²) in [5, 5.41) is 2.17. The number of nitrogens with zero attached hydrogens (tertiary/aromatic N) is 3. The number of rotatable bonds is 3. The second-order valence-electron chi connectivity index (χ2n) is 7.08. The van der Waals surface area contributed by atoms with Crippen LogP contribution in [0.25, 0.3) is 0 Å². The number of piperidine rings is 1. The van der Waals surface area contributed by atoms with Crippen LogP contribution < -0.4 is 4.90 Å². The Labute approximate surface area is 148 Å². The van der Waals surface area contributed by atoms with Crippen molar-refractivity contribution < 1.29 is 4.74 Å². The molecule has 1 spiro atoms. The van der Waals surface area contributed by atoms with Crippen molar-refractivity contribution in [1.82, 2.24) is 9.88 Å². The van der Waals surface area contributed by atoms with Gasteiger partial charge in [-0.05, 0) is 43.0 Å². The van der Waals surface area contributed by atoms with Gasteiger partial charge in [0.05, 0.1) is 25.1 Å². The molecule has 128 valence electrons. The Balaban J connectivity index is 1.49. The molecule has 5 heteroatoms. The van der Waals surface area contributed by atoms with Crippen LogP contribution in [-0.4, -0.2) is 49.3 Å². The Morgan fingerprint density at radius 2 is 2.21 bits per heavy atom. The molecule has 1 unspecified atom stereocenters. The zero-order chi connectivity index (χ0) is 16.2. The highest BCUT2D eigenvalue weighted by atomic mass is 32.1. The first-order valence-electron chi connectivity index (χ1n) is 8.81. The number of likely N-dealkylation sites (tertiary alicyclic amines) is 1. The summed E-state index contributed by atoms with van der Waals surface area (Å²) in [5.74, 6) is 0. The maximum Gasteiger partial charge on any atom is 0.0641 e. The molecule has 2 aliphatic rings. The monoisotopic (exact) mass is 343 g/mol. The van der Waals surface area contributed by atoms with Crippen molar-refractivity contribution in [2.75, 3.05) is 44.3 Å². The molecule has 2 aliphatic heterocycles. The molecular formula is C19H25N3OS. The first-order chi connectivity index (χ1) is 11.8. The molecule has 2 fully saturated rings. The first kappa shape index (κ1) is 16.1. The van der Waals surface area contributed by atoms with Crippen LogP contribution in [0.3, 0.4) is 0 Å². The van der Waals surface area contributed by atoms with Crippen molar-refractivity contribution in [2.45, 2.75) is 19.4 Å². The summed E-state index contributed by atoms with van der Waals surface area (Å²) < 4.78 is 6.04. The zero-order valence-electron chi connectivity index (χ0n) is 14.1. The van der Waals surface area contributed by atoms with Gasteiger partial charge in [0.2, 0.25) is 0 Å². The van der Waals surface area contributed by atoms with Crippen LogP contribution in [0.4, 0.5) is 5.69 Å². The molecule has 1 atom stereocenters. The van der Waals surface area contributed by atoms with Gasteiger partial charge in [0.15, 0.2) is 0 Å². The summed E-state index contributed by atoms with van der Waals surface area (Å²) in [6.07, 6.45) is 6.34. The molecule has 0 bridgehead atoms. The number of ether oxygens (including phenoxy) is 1. The molecule has 0 aliphatic carbocycles. The van der Waals surface area contributed by atoms with Gasteiger partial charge >= 0.3 is 0 Å². The fourth-order valence-corrected chi connectivity index (χ4v) is 4.82. The number of hydrogen-bond donors (Lipinski definition) is 0. The van der Waals surface area contributed by atoms with Gasteiger partial charge < -0.3 is 9.64 Å². The highest BCUT2D eigenvalue weighted by Crippen LogP contribution is 2.35. The lowest BCUT2D eigenvalue weighted by Gasteiger charge is -2.44. The highest BCUT2D eigenvalue weighted by Gasteiger charge is 2.39. The molecule has 4 nitrogen and oxygen atoms in total. The van der Waals surface area contributed by atoms with E-state index in [1.807, 2.05) is 29.8 Å². The van der Waals surface area contributed by atoms with Crippen LogP contribution >= 0.6 is 11.3 Å². The van der Waals surface area contributed by atoms with E-state index >= 15 is 0 Å². The third kappa shape index (κ3) is 3.63. The second-order valence-corrected chi connectivity index (χ2v) is 8.11. The lowest BCUT2D eigenvalue weighted by molar-refractivity contribution is 0.0110. The van der Waals surface area contributed by atoms with Crippen LogP contribution in [-0.2, 0) is 11.3 Å². The number of anilines is 1. The van der Waals surface area contributed by atoms with Crippen molar-refractivity contribution in [1.29, 1.82) is 0 Å². The fourth-order valence-electron chi connectivity index (χ4n) is 4.07. The van der Waals surface area contributed by atoms with Gasteiger partial charge in [-0.3, -0.25) is 9.88 Å². The Morgan fingerprint density at radius 3 is 3.04 bits per heavy atom. The van der Waals surface area contributed by atoms with Crippen molar-refractivity contribution in [3.63, 3.8) is 0 Å². The number of thiophene rings is 1. The average molecular weight is 343 g/mol. The van der Waals surface area contributed by atoms with Gasteiger partial charge in [-0.25, -0.2) is 0 Å². The minimum atomic E-state index is 0.238. The Kier molecular flexibility index (Phi) is 4.83. The Bertz CT molecular complexity index is 633. The minimum Gasteiger partial charge on any atom is -0.379 e. The predicted molar refractivity (Wildman–Crippen MR) is 98.5 cm³/mol. The molecule has 0 amide bonds. The highest BCUT2D eigenvalue weighted by molar-refractivity contribution is 7.09. The third-order valence-electron chi connectivity index (χ3n) is 5.15. The molecule has 2 saturated heterocycles. The fraction of sp³-hybridized carbons (Fsp3) is 0.526. The number of aromatic nitrogens is 1. The average Bonchev–Trinajstić information content (AvgIpc) is 3.03. The quantitative estimate of drug-likeness (QED) is 0.855. The van der Waals surface area contributed by atoms with E-state index < -0.39 is 0 Å². The predicted octanol–water partition coefficient (Wildman–Crippen LogP) is 3.26. The smallest absolute Gasteiger partial charge is 0.0641 e. The lowest BCUT2D eigenvalue weighted by Crippen LogP contribution is -2.50. The van der Waals surface area contributed by atoms with Crippen molar-refractivity contribution in [3.05, 3.63) is 46.9 Å². The van der Waals surface area contributed by atoms with Gasteiger partial charge in [0.1, 0.15) is 0 Å². The lowest BCUT2D eigenvalue weighted by atomic mass is 9.80.